The number of hydrogen-bond donors (Lipinski definition) is 2. The van der Waals surface area contributed by atoms with Crippen LogP contribution in [-0.2, 0) is 0 Å². The van der Waals surface area contributed by atoms with Crippen molar-refractivity contribution in [2.45, 2.75) is 0 Å². The number of halogens is 3. The van der Waals surface area contributed by atoms with Crippen LogP contribution in [0.4, 0.5) is 30.4 Å². The number of anilines is 3. The molecule has 8 heteroatoms. The van der Waals surface area contributed by atoms with E-state index in [1.807, 2.05) is 0 Å². The van der Waals surface area contributed by atoms with Gasteiger partial charge < -0.3 is 10.6 Å². The number of nitrogens with zero attached hydrogens (tertiary/aromatic N) is 2. The summed E-state index contributed by atoms with van der Waals surface area (Å²) in [6, 6.07) is 16.8. The summed E-state index contributed by atoms with van der Waals surface area (Å²) in [5.74, 6) is -1.45. The summed E-state index contributed by atoms with van der Waals surface area (Å²) in [4.78, 5) is 20.9. The topological polar surface area (TPSA) is 66.9 Å². The largest absolute Gasteiger partial charge is 0.340 e. The molecule has 5 nitrogen and oxygen atoms in total. The molecule has 154 valence electrons. The van der Waals surface area contributed by atoms with Gasteiger partial charge in [0.1, 0.15) is 23.3 Å². The number of nitrogens with one attached hydrogen (secondary N) is 2. The maximum atomic E-state index is 13.3. The zero-order valence-corrected chi connectivity index (χ0v) is 15.9. The molecule has 0 saturated heterocycles. The molecular formula is C23H15F3N4O. The minimum absolute atomic E-state index is 0.0269. The van der Waals surface area contributed by atoms with Gasteiger partial charge in [0.2, 0.25) is 0 Å². The lowest BCUT2D eigenvalue weighted by Gasteiger charge is -2.09. The monoisotopic (exact) mass is 420 g/mol. The van der Waals surface area contributed by atoms with Gasteiger partial charge in [0.15, 0.2) is 5.82 Å². The Hall–Kier alpha value is -4.20. The molecule has 1 heterocycles. The van der Waals surface area contributed by atoms with Crippen LogP contribution in [0.3, 0.4) is 0 Å². The standard InChI is InChI=1S/C23H15F3N4O/c24-16-5-1-14(2-6-16)22-27-10-9-21(30-22)28-19-7-3-15(4-8-19)23(31)29-20-12-17(25)11-18(26)13-20/h1-13H,(H,29,31)(H,27,28,30). The third-order valence-corrected chi connectivity index (χ3v) is 4.30. The zero-order chi connectivity index (χ0) is 21.8. The van der Waals surface area contributed by atoms with Crippen molar-refractivity contribution in [2.24, 2.45) is 0 Å². The molecule has 4 aromatic rings. The molecule has 0 aliphatic heterocycles. The number of amides is 1. The van der Waals surface area contributed by atoms with Gasteiger partial charge in [-0.1, -0.05) is 0 Å². The molecule has 2 N–H and O–H groups in total. The van der Waals surface area contributed by atoms with E-state index >= 15 is 0 Å². The summed E-state index contributed by atoms with van der Waals surface area (Å²) in [6.07, 6.45) is 1.58. The molecule has 0 saturated carbocycles. The van der Waals surface area contributed by atoms with Crippen molar-refractivity contribution in [3.8, 4) is 11.4 Å². The third-order valence-electron chi connectivity index (χ3n) is 4.30. The highest BCUT2D eigenvalue weighted by molar-refractivity contribution is 6.04. The van der Waals surface area contributed by atoms with E-state index in [1.165, 1.54) is 12.1 Å². The number of benzene rings is 3. The second-order valence-electron chi connectivity index (χ2n) is 6.59. The normalized spacial score (nSPS) is 10.5. The van der Waals surface area contributed by atoms with Gasteiger partial charge in [-0.25, -0.2) is 23.1 Å². The van der Waals surface area contributed by atoms with Crippen LogP contribution in [0, 0.1) is 17.5 Å². The van der Waals surface area contributed by atoms with Crippen LogP contribution in [0.2, 0.25) is 0 Å². The number of hydrogen-bond acceptors (Lipinski definition) is 4. The van der Waals surface area contributed by atoms with Crippen LogP contribution in [0.5, 0.6) is 0 Å². The average Bonchev–Trinajstić information content (AvgIpc) is 2.74. The number of carbonyl (C=O) groups excluding carboxylic acids is 1. The van der Waals surface area contributed by atoms with Crippen molar-refractivity contribution in [1.82, 2.24) is 9.97 Å². The molecule has 3 aromatic carbocycles. The van der Waals surface area contributed by atoms with Crippen LogP contribution in [0.15, 0.2) is 79.0 Å². The van der Waals surface area contributed by atoms with E-state index in [1.54, 1.807) is 48.7 Å². The predicted octanol–water partition coefficient (Wildman–Crippen LogP) is 5.56. The van der Waals surface area contributed by atoms with Gasteiger partial charge in [0.25, 0.3) is 5.91 Å². The van der Waals surface area contributed by atoms with E-state index in [2.05, 4.69) is 20.6 Å². The molecule has 1 aromatic heterocycles. The molecule has 0 atom stereocenters. The molecule has 0 fully saturated rings. The Morgan fingerprint density at radius 1 is 0.742 bits per heavy atom. The molecule has 0 aliphatic carbocycles. The van der Waals surface area contributed by atoms with Gasteiger partial charge in [-0.15, -0.1) is 0 Å². The van der Waals surface area contributed by atoms with E-state index in [4.69, 9.17) is 0 Å². The molecule has 0 bridgehead atoms. The Kier molecular flexibility index (Phi) is 5.61. The van der Waals surface area contributed by atoms with Crippen LogP contribution in [-0.4, -0.2) is 15.9 Å². The molecule has 4 rings (SSSR count). The maximum Gasteiger partial charge on any atom is 0.255 e. The number of rotatable bonds is 5. The Morgan fingerprint density at radius 2 is 1.42 bits per heavy atom. The zero-order valence-electron chi connectivity index (χ0n) is 15.9. The first-order valence-electron chi connectivity index (χ1n) is 9.20. The molecule has 0 radical (unpaired) electrons. The van der Waals surface area contributed by atoms with Crippen LogP contribution >= 0.6 is 0 Å². The van der Waals surface area contributed by atoms with E-state index in [9.17, 15) is 18.0 Å². The summed E-state index contributed by atoms with van der Waals surface area (Å²) >= 11 is 0. The molecule has 1 amide bonds. The number of aromatic nitrogens is 2. The Labute approximate surface area is 175 Å². The van der Waals surface area contributed by atoms with Crippen molar-refractivity contribution in [3.05, 3.63) is 102 Å². The molecule has 0 unspecified atom stereocenters. The highest BCUT2D eigenvalue weighted by Gasteiger charge is 2.09. The van der Waals surface area contributed by atoms with Crippen LogP contribution < -0.4 is 10.6 Å². The van der Waals surface area contributed by atoms with Gasteiger partial charge in [0, 0.05) is 34.8 Å². The maximum absolute atomic E-state index is 13.3. The second kappa shape index (κ2) is 8.66. The van der Waals surface area contributed by atoms with Gasteiger partial charge in [-0.05, 0) is 66.7 Å². The minimum Gasteiger partial charge on any atom is -0.340 e. The second-order valence-corrected chi connectivity index (χ2v) is 6.59. The van der Waals surface area contributed by atoms with Crippen LogP contribution in [0.1, 0.15) is 10.4 Å². The first kappa shape index (κ1) is 20.1. The molecular weight excluding hydrogens is 405 g/mol. The summed E-state index contributed by atoms with van der Waals surface area (Å²) in [7, 11) is 0. The van der Waals surface area contributed by atoms with Gasteiger partial charge in [0.05, 0.1) is 0 Å². The summed E-state index contributed by atoms with van der Waals surface area (Å²) < 4.78 is 39.6. The van der Waals surface area contributed by atoms with E-state index in [0.717, 1.165) is 18.2 Å². The fraction of sp³-hybridized carbons (Fsp3) is 0. The van der Waals surface area contributed by atoms with Crippen molar-refractivity contribution in [3.63, 3.8) is 0 Å². The van der Waals surface area contributed by atoms with Crippen molar-refractivity contribution < 1.29 is 18.0 Å². The predicted molar refractivity (Wildman–Crippen MR) is 111 cm³/mol. The Bertz CT molecular complexity index is 1210. The molecule has 0 spiro atoms. The summed E-state index contributed by atoms with van der Waals surface area (Å²) in [5.41, 5.74) is 1.67. The first-order valence-corrected chi connectivity index (χ1v) is 9.20. The van der Waals surface area contributed by atoms with Gasteiger partial charge >= 0.3 is 0 Å². The van der Waals surface area contributed by atoms with Crippen molar-refractivity contribution >= 4 is 23.1 Å². The van der Waals surface area contributed by atoms with Crippen molar-refractivity contribution in [2.75, 3.05) is 10.6 Å². The van der Waals surface area contributed by atoms with Gasteiger partial charge in [-0.3, -0.25) is 4.79 Å². The third kappa shape index (κ3) is 5.05. The smallest absolute Gasteiger partial charge is 0.255 e. The lowest BCUT2D eigenvalue weighted by atomic mass is 10.2. The van der Waals surface area contributed by atoms with E-state index in [-0.39, 0.29) is 11.5 Å². The quantitative estimate of drug-likeness (QED) is 0.444. The lowest BCUT2D eigenvalue weighted by molar-refractivity contribution is 0.102. The highest BCUT2D eigenvalue weighted by atomic mass is 19.1. The van der Waals surface area contributed by atoms with E-state index in [0.29, 0.717) is 28.5 Å². The number of carbonyl (C=O) groups is 1. The Morgan fingerprint density at radius 3 is 2.10 bits per heavy atom. The molecule has 0 aliphatic rings. The summed E-state index contributed by atoms with van der Waals surface area (Å²) in [5, 5.41) is 5.55. The van der Waals surface area contributed by atoms with Crippen molar-refractivity contribution in [1.29, 1.82) is 0 Å². The fourth-order valence-electron chi connectivity index (χ4n) is 2.85. The average molecular weight is 420 g/mol. The van der Waals surface area contributed by atoms with Crippen LogP contribution in [0.25, 0.3) is 11.4 Å². The lowest BCUT2D eigenvalue weighted by Crippen LogP contribution is -2.12. The highest BCUT2D eigenvalue weighted by Crippen LogP contribution is 2.20. The fourth-order valence-corrected chi connectivity index (χ4v) is 2.85. The molecule has 31 heavy (non-hydrogen) atoms. The SMILES string of the molecule is O=C(Nc1cc(F)cc(F)c1)c1ccc(Nc2ccnc(-c3ccc(F)cc3)n2)cc1. The summed E-state index contributed by atoms with van der Waals surface area (Å²) in [6.45, 7) is 0. The Balaban J connectivity index is 1.45. The van der Waals surface area contributed by atoms with E-state index < -0.39 is 17.5 Å². The first-order chi connectivity index (χ1) is 15.0. The van der Waals surface area contributed by atoms with Gasteiger partial charge in [-0.2, -0.15) is 0 Å². The minimum atomic E-state index is -0.778.